The van der Waals surface area contributed by atoms with Crippen molar-refractivity contribution >= 4 is 11.6 Å². The zero-order valence-corrected chi connectivity index (χ0v) is 11.9. The normalized spacial score (nSPS) is 24.1. The third kappa shape index (κ3) is 2.40. The standard InChI is InChI=1S/C16H22N2O2/c1-11(19)12-6-8-18(9-7-12)16(20)14-10-17-15-5-3-2-4-13(14)15/h2-5,11-12,14,17,19H,6-10H2,1H3. The largest absolute Gasteiger partial charge is 0.393 e. The van der Waals surface area contributed by atoms with Gasteiger partial charge in [0.15, 0.2) is 0 Å². The minimum atomic E-state index is -0.263. The first-order valence-electron chi connectivity index (χ1n) is 7.46. The number of anilines is 1. The Morgan fingerprint density at radius 3 is 2.75 bits per heavy atom. The van der Waals surface area contributed by atoms with Crippen molar-refractivity contribution < 1.29 is 9.90 Å². The highest BCUT2D eigenvalue weighted by Crippen LogP contribution is 2.33. The van der Waals surface area contributed by atoms with Gasteiger partial charge in [-0.05, 0) is 37.3 Å². The second kappa shape index (κ2) is 5.44. The molecule has 4 heteroatoms. The molecule has 1 saturated heterocycles. The molecule has 4 nitrogen and oxygen atoms in total. The molecular formula is C16H22N2O2. The molecule has 1 amide bonds. The van der Waals surface area contributed by atoms with E-state index >= 15 is 0 Å². The first-order chi connectivity index (χ1) is 9.66. The van der Waals surface area contributed by atoms with Crippen molar-refractivity contribution in [2.75, 3.05) is 25.0 Å². The summed E-state index contributed by atoms with van der Waals surface area (Å²) in [4.78, 5) is 14.6. The zero-order valence-electron chi connectivity index (χ0n) is 11.9. The van der Waals surface area contributed by atoms with Crippen LogP contribution < -0.4 is 5.32 Å². The molecule has 1 aromatic carbocycles. The van der Waals surface area contributed by atoms with Crippen molar-refractivity contribution in [3.8, 4) is 0 Å². The van der Waals surface area contributed by atoms with Crippen LogP contribution in [-0.2, 0) is 4.79 Å². The molecule has 2 aliphatic heterocycles. The number of nitrogens with one attached hydrogen (secondary N) is 1. The number of rotatable bonds is 2. The summed E-state index contributed by atoms with van der Waals surface area (Å²) in [7, 11) is 0. The lowest BCUT2D eigenvalue weighted by molar-refractivity contribution is -0.134. The van der Waals surface area contributed by atoms with E-state index in [2.05, 4.69) is 5.32 Å². The predicted octanol–water partition coefficient (Wildman–Crippen LogP) is 1.82. The lowest BCUT2D eigenvalue weighted by Crippen LogP contribution is -2.43. The van der Waals surface area contributed by atoms with Gasteiger partial charge in [-0.2, -0.15) is 0 Å². The highest BCUT2D eigenvalue weighted by molar-refractivity contribution is 5.88. The number of para-hydroxylation sites is 1. The number of nitrogens with zero attached hydrogens (tertiary/aromatic N) is 1. The number of aliphatic hydroxyl groups excluding tert-OH is 1. The number of carbonyl (C=O) groups excluding carboxylic acids is 1. The van der Waals surface area contributed by atoms with Crippen molar-refractivity contribution in [1.82, 2.24) is 4.90 Å². The van der Waals surface area contributed by atoms with E-state index in [1.54, 1.807) is 0 Å². The Morgan fingerprint density at radius 2 is 2.05 bits per heavy atom. The maximum atomic E-state index is 12.7. The molecule has 0 aliphatic carbocycles. The van der Waals surface area contributed by atoms with Crippen molar-refractivity contribution in [2.24, 2.45) is 5.92 Å². The second-order valence-electron chi connectivity index (χ2n) is 5.92. The first kappa shape index (κ1) is 13.4. The number of hydrogen-bond donors (Lipinski definition) is 2. The Labute approximate surface area is 119 Å². The highest BCUT2D eigenvalue weighted by Gasteiger charge is 2.33. The van der Waals surface area contributed by atoms with E-state index in [1.165, 1.54) is 0 Å². The van der Waals surface area contributed by atoms with Gasteiger partial charge in [-0.3, -0.25) is 4.79 Å². The maximum absolute atomic E-state index is 12.7. The van der Waals surface area contributed by atoms with E-state index in [-0.39, 0.29) is 17.9 Å². The van der Waals surface area contributed by atoms with Crippen molar-refractivity contribution in [2.45, 2.75) is 31.8 Å². The average Bonchev–Trinajstić information content (AvgIpc) is 2.90. The topological polar surface area (TPSA) is 52.6 Å². The molecule has 1 aromatic rings. The monoisotopic (exact) mass is 274 g/mol. The summed E-state index contributed by atoms with van der Waals surface area (Å²) < 4.78 is 0. The lowest BCUT2D eigenvalue weighted by atomic mass is 9.91. The summed E-state index contributed by atoms with van der Waals surface area (Å²) in [5.74, 6) is 0.522. The van der Waals surface area contributed by atoms with E-state index < -0.39 is 0 Å². The Bertz CT molecular complexity index is 493. The number of hydrogen-bond acceptors (Lipinski definition) is 3. The van der Waals surface area contributed by atoms with Gasteiger partial charge < -0.3 is 15.3 Å². The van der Waals surface area contributed by atoms with E-state index in [9.17, 15) is 9.90 Å². The highest BCUT2D eigenvalue weighted by atomic mass is 16.3. The Hall–Kier alpha value is -1.55. The number of piperidine rings is 1. The fourth-order valence-corrected chi connectivity index (χ4v) is 3.33. The minimum absolute atomic E-state index is 0.0469. The van der Waals surface area contributed by atoms with Gasteiger partial charge in [-0.15, -0.1) is 0 Å². The molecule has 2 heterocycles. The maximum Gasteiger partial charge on any atom is 0.231 e. The van der Waals surface area contributed by atoms with Gasteiger partial charge in [-0.1, -0.05) is 18.2 Å². The Kier molecular flexibility index (Phi) is 3.66. The molecule has 20 heavy (non-hydrogen) atoms. The average molecular weight is 274 g/mol. The smallest absolute Gasteiger partial charge is 0.231 e. The fourth-order valence-electron chi connectivity index (χ4n) is 3.33. The number of amides is 1. The van der Waals surface area contributed by atoms with Crippen LogP contribution in [0.25, 0.3) is 0 Å². The molecule has 3 rings (SSSR count). The molecule has 0 spiro atoms. The van der Waals surface area contributed by atoms with E-state index in [1.807, 2.05) is 36.1 Å². The van der Waals surface area contributed by atoms with E-state index in [0.29, 0.717) is 12.5 Å². The summed E-state index contributed by atoms with van der Waals surface area (Å²) in [6.45, 7) is 4.09. The second-order valence-corrected chi connectivity index (χ2v) is 5.92. The molecule has 1 fully saturated rings. The summed E-state index contributed by atoms with van der Waals surface area (Å²) in [6, 6.07) is 8.06. The van der Waals surface area contributed by atoms with Crippen LogP contribution in [0.3, 0.4) is 0 Å². The van der Waals surface area contributed by atoms with Crippen LogP contribution >= 0.6 is 0 Å². The third-order valence-electron chi connectivity index (χ3n) is 4.66. The number of likely N-dealkylation sites (tertiary alicyclic amines) is 1. The van der Waals surface area contributed by atoms with Crippen LogP contribution in [0.1, 0.15) is 31.2 Å². The molecule has 0 radical (unpaired) electrons. The van der Waals surface area contributed by atoms with Crippen LogP contribution in [-0.4, -0.2) is 41.7 Å². The van der Waals surface area contributed by atoms with Crippen LogP contribution in [0, 0.1) is 5.92 Å². The van der Waals surface area contributed by atoms with Gasteiger partial charge in [0.25, 0.3) is 0 Å². The van der Waals surface area contributed by atoms with Gasteiger partial charge in [-0.25, -0.2) is 0 Å². The van der Waals surface area contributed by atoms with Gasteiger partial charge in [0, 0.05) is 25.3 Å². The van der Waals surface area contributed by atoms with E-state index in [4.69, 9.17) is 0 Å². The van der Waals surface area contributed by atoms with Crippen LogP contribution in [0.4, 0.5) is 5.69 Å². The van der Waals surface area contributed by atoms with Gasteiger partial charge in [0.05, 0.1) is 12.0 Å². The molecule has 108 valence electrons. The molecule has 2 atom stereocenters. The molecule has 0 bridgehead atoms. The minimum Gasteiger partial charge on any atom is -0.393 e. The molecule has 2 unspecified atom stereocenters. The van der Waals surface area contributed by atoms with Gasteiger partial charge in [0.1, 0.15) is 0 Å². The van der Waals surface area contributed by atoms with Crippen LogP contribution in [0.15, 0.2) is 24.3 Å². The predicted molar refractivity (Wildman–Crippen MR) is 78.7 cm³/mol. The number of fused-ring (bicyclic) bond motifs is 1. The van der Waals surface area contributed by atoms with Crippen molar-refractivity contribution in [1.29, 1.82) is 0 Å². The summed E-state index contributed by atoms with van der Waals surface area (Å²) in [6.07, 6.45) is 1.55. The molecular weight excluding hydrogens is 252 g/mol. The molecule has 0 saturated carbocycles. The third-order valence-corrected chi connectivity index (χ3v) is 4.66. The zero-order chi connectivity index (χ0) is 14.1. The van der Waals surface area contributed by atoms with E-state index in [0.717, 1.165) is 37.2 Å². The number of aliphatic hydroxyl groups is 1. The Morgan fingerprint density at radius 1 is 1.35 bits per heavy atom. The fraction of sp³-hybridized carbons (Fsp3) is 0.562. The molecule has 2 aliphatic rings. The number of carbonyl (C=O) groups is 1. The van der Waals surface area contributed by atoms with Crippen molar-refractivity contribution in [3.63, 3.8) is 0 Å². The molecule has 0 aromatic heterocycles. The summed E-state index contributed by atoms with van der Waals surface area (Å²) in [5.41, 5.74) is 2.21. The Balaban J connectivity index is 1.67. The molecule has 2 N–H and O–H groups in total. The van der Waals surface area contributed by atoms with Crippen molar-refractivity contribution in [3.05, 3.63) is 29.8 Å². The first-order valence-corrected chi connectivity index (χ1v) is 7.46. The summed E-state index contributed by atoms with van der Waals surface area (Å²) in [5, 5.41) is 12.9. The van der Waals surface area contributed by atoms with Crippen LogP contribution in [0.5, 0.6) is 0 Å². The SMILES string of the molecule is CC(O)C1CCN(C(=O)C2CNc3ccccc32)CC1. The lowest BCUT2D eigenvalue weighted by Gasteiger charge is -2.34. The quantitative estimate of drug-likeness (QED) is 0.865. The summed E-state index contributed by atoms with van der Waals surface area (Å²) >= 11 is 0. The van der Waals surface area contributed by atoms with Gasteiger partial charge in [0.2, 0.25) is 5.91 Å². The number of benzene rings is 1. The van der Waals surface area contributed by atoms with Gasteiger partial charge >= 0.3 is 0 Å². The van der Waals surface area contributed by atoms with Crippen LogP contribution in [0.2, 0.25) is 0 Å².